The molecule has 1 saturated carbocycles. The predicted molar refractivity (Wildman–Crippen MR) is 106 cm³/mol. The molecule has 0 bridgehead atoms. The first-order valence-corrected chi connectivity index (χ1v) is 10.7. The van der Waals surface area contributed by atoms with Crippen LogP contribution in [0.1, 0.15) is 39.0 Å². The molecule has 2 N–H and O–H groups in total. The molecule has 1 aliphatic rings. The van der Waals surface area contributed by atoms with Gasteiger partial charge in [-0.2, -0.15) is 0 Å². The molecule has 0 aliphatic heterocycles. The molecule has 1 fully saturated rings. The van der Waals surface area contributed by atoms with Crippen molar-refractivity contribution in [3.8, 4) is 5.75 Å². The van der Waals surface area contributed by atoms with Gasteiger partial charge in [0.2, 0.25) is 0 Å². The molecule has 0 radical (unpaired) electrons. The molecule has 2 rings (SSSR count). The molecule has 0 aromatic heterocycles. The predicted octanol–water partition coefficient (Wildman–Crippen LogP) is 2.84. The standard InChI is InChI=1S/C19H30FN3O2S/c1-3-26(24)18-7-4-6-16(14-18)23-19(21-2)22-12-5-13-25-17-10-8-15(20)9-11-17/h8-11,16,18H,3-7,12-14H2,1-2H3,(H2,21,22,23). The molecule has 5 nitrogen and oxygen atoms in total. The lowest BCUT2D eigenvalue weighted by atomic mass is 9.95. The summed E-state index contributed by atoms with van der Waals surface area (Å²) in [6, 6.07) is 6.36. The second kappa shape index (κ2) is 11.2. The topological polar surface area (TPSA) is 62.7 Å². The molecule has 7 heteroatoms. The van der Waals surface area contributed by atoms with Gasteiger partial charge in [-0.15, -0.1) is 0 Å². The summed E-state index contributed by atoms with van der Waals surface area (Å²) in [5, 5.41) is 7.04. The maximum atomic E-state index is 12.8. The van der Waals surface area contributed by atoms with Gasteiger partial charge in [0.15, 0.2) is 5.96 Å². The highest BCUT2D eigenvalue weighted by atomic mass is 32.2. The highest BCUT2D eigenvalue weighted by Crippen LogP contribution is 2.22. The van der Waals surface area contributed by atoms with Crippen molar-refractivity contribution in [1.29, 1.82) is 0 Å². The van der Waals surface area contributed by atoms with Gasteiger partial charge in [-0.3, -0.25) is 9.20 Å². The lowest BCUT2D eigenvalue weighted by molar-refractivity contribution is 0.310. The van der Waals surface area contributed by atoms with Gasteiger partial charge in [-0.05, 0) is 49.9 Å². The number of halogens is 1. The van der Waals surface area contributed by atoms with E-state index in [2.05, 4.69) is 15.6 Å². The van der Waals surface area contributed by atoms with Gasteiger partial charge >= 0.3 is 0 Å². The first kappa shape index (κ1) is 20.7. The summed E-state index contributed by atoms with van der Waals surface area (Å²) in [6.45, 7) is 3.27. The maximum Gasteiger partial charge on any atom is 0.191 e. The van der Waals surface area contributed by atoms with Crippen LogP contribution in [0.2, 0.25) is 0 Å². The third kappa shape index (κ3) is 6.94. The summed E-state index contributed by atoms with van der Waals surface area (Å²) in [7, 11) is 1.04. The Morgan fingerprint density at radius 1 is 1.35 bits per heavy atom. The lowest BCUT2D eigenvalue weighted by Gasteiger charge is -2.30. The molecular weight excluding hydrogens is 353 g/mol. The molecule has 0 amide bonds. The van der Waals surface area contributed by atoms with E-state index in [1.54, 1.807) is 19.2 Å². The molecular formula is C19H30FN3O2S. The Labute approximate surface area is 158 Å². The maximum absolute atomic E-state index is 12.8. The van der Waals surface area contributed by atoms with Crippen molar-refractivity contribution in [2.24, 2.45) is 4.99 Å². The van der Waals surface area contributed by atoms with Gasteiger partial charge in [-0.1, -0.05) is 13.3 Å². The quantitative estimate of drug-likeness (QED) is 0.412. The van der Waals surface area contributed by atoms with Crippen molar-refractivity contribution in [2.45, 2.75) is 50.3 Å². The van der Waals surface area contributed by atoms with Crippen molar-refractivity contribution in [1.82, 2.24) is 10.6 Å². The number of nitrogens with zero attached hydrogens (tertiary/aromatic N) is 1. The van der Waals surface area contributed by atoms with Crippen LogP contribution in [0.4, 0.5) is 4.39 Å². The first-order chi connectivity index (χ1) is 12.6. The fourth-order valence-electron chi connectivity index (χ4n) is 3.14. The second-order valence-corrected chi connectivity index (χ2v) is 8.46. The molecule has 1 aliphatic carbocycles. The van der Waals surface area contributed by atoms with Gasteiger partial charge in [0.1, 0.15) is 11.6 Å². The van der Waals surface area contributed by atoms with Gasteiger partial charge in [0.25, 0.3) is 0 Å². The average Bonchev–Trinajstić information content (AvgIpc) is 2.67. The zero-order chi connectivity index (χ0) is 18.8. The van der Waals surface area contributed by atoms with Crippen molar-refractivity contribution >= 4 is 16.8 Å². The van der Waals surface area contributed by atoms with Gasteiger partial charge in [0.05, 0.1) is 6.61 Å². The zero-order valence-corrected chi connectivity index (χ0v) is 16.5. The molecule has 0 spiro atoms. The SMILES string of the molecule is CCS(=O)C1CCCC(NC(=NC)NCCCOc2ccc(F)cc2)C1. The monoisotopic (exact) mass is 383 g/mol. The van der Waals surface area contributed by atoms with Crippen LogP contribution in [-0.2, 0) is 10.8 Å². The number of aliphatic imine (C=N–C) groups is 1. The largest absolute Gasteiger partial charge is 0.494 e. The number of rotatable bonds is 8. The molecule has 3 atom stereocenters. The van der Waals surface area contributed by atoms with E-state index in [1.807, 2.05) is 6.92 Å². The van der Waals surface area contributed by atoms with Crippen molar-refractivity contribution in [3.05, 3.63) is 30.1 Å². The van der Waals surface area contributed by atoms with Gasteiger partial charge in [-0.25, -0.2) is 4.39 Å². The van der Waals surface area contributed by atoms with Crippen LogP contribution in [0.25, 0.3) is 0 Å². The van der Waals surface area contributed by atoms with Crippen LogP contribution < -0.4 is 15.4 Å². The summed E-state index contributed by atoms with van der Waals surface area (Å²) in [5.74, 6) is 1.92. The Bertz CT molecular complexity index is 595. The lowest BCUT2D eigenvalue weighted by Crippen LogP contribution is -2.47. The Balaban J connectivity index is 1.66. The third-order valence-electron chi connectivity index (χ3n) is 4.54. The van der Waals surface area contributed by atoms with E-state index in [1.165, 1.54) is 12.1 Å². The number of benzene rings is 1. The van der Waals surface area contributed by atoms with Crippen LogP contribution in [-0.4, -0.2) is 47.4 Å². The number of nitrogens with one attached hydrogen (secondary N) is 2. The molecule has 1 aromatic carbocycles. The Morgan fingerprint density at radius 3 is 2.81 bits per heavy atom. The van der Waals surface area contributed by atoms with Gasteiger partial charge < -0.3 is 15.4 Å². The molecule has 26 heavy (non-hydrogen) atoms. The molecule has 146 valence electrons. The summed E-state index contributed by atoms with van der Waals surface area (Å²) < 4.78 is 30.5. The minimum absolute atomic E-state index is 0.262. The number of hydrogen-bond donors (Lipinski definition) is 2. The van der Waals surface area contributed by atoms with Crippen molar-refractivity contribution in [3.63, 3.8) is 0 Å². The zero-order valence-electron chi connectivity index (χ0n) is 15.7. The minimum atomic E-state index is -0.719. The summed E-state index contributed by atoms with van der Waals surface area (Å²) in [5.41, 5.74) is 0. The highest BCUT2D eigenvalue weighted by Gasteiger charge is 2.25. The van der Waals surface area contributed by atoms with Crippen molar-refractivity contribution in [2.75, 3.05) is 26.0 Å². The van der Waals surface area contributed by atoms with Crippen LogP contribution in [0.15, 0.2) is 29.3 Å². The highest BCUT2D eigenvalue weighted by molar-refractivity contribution is 7.85. The van der Waals surface area contributed by atoms with E-state index in [-0.39, 0.29) is 5.82 Å². The van der Waals surface area contributed by atoms with E-state index in [0.29, 0.717) is 23.6 Å². The Kier molecular flexibility index (Phi) is 8.88. The summed E-state index contributed by atoms with van der Waals surface area (Å²) in [6.07, 6.45) is 5.01. The van der Waals surface area contributed by atoms with Gasteiger partial charge in [0, 0.05) is 41.4 Å². The number of guanidine groups is 1. The van der Waals surface area contributed by atoms with E-state index in [9.17, 15) is 8.60 Å². The normalized spacial score (nSPS) is 21.9. The number of ether oxygens (including phenoxy) is 1. The van der Waals surface area contributed by atoms with Crippen molar-refractivity contribution < 1.29 is 13.3 Å². The van der Waals surface area contributed by atoms with E-state index < -0.39 is 10.8 Å². The van der Waals surface area contributed by atoms with E-state index in [0.717, 1.165) is 50.4 Å². The van der Waals surface area contributed by atoms with Crippen LogP contribution >= 0.6 is 0 Å². The smallest absolute Gasteiger partial charge is 0.191 e. The van der Waals surface area contributed by atoms with E-state index >= 15 is 0 Å². The second-order valence-electron chi connectivity index (χ2n) is 6.45. The summed E-state index contributed by atoms with van der Waals surface area (Å²) >= 11 is 0. The molecule has 3 unspecified atom stereocenters. The van der Waals surface area contributed by atoms with E-state index in [4.69, 9.17) is 4.74 Å². The molecule has 0 heterocycles. The van der Waals surface area contributed by atoms with Crippen LogP contribution in [0.5, 0.6) is 5.75 Å². The van der Waals surface area contributed by atoms with Crippen LogP contribution in [0.3, 0.4) is 0 Å². The minimum Gasteiger partial charge on any atom is -0.494 e. The number of hydrogen-bond acceptors (Lipinski definition) is 3. The fraction of sp³-hybridized carbons (Fsp3) is 0.632. The third-order valence-corrected chi connectivity index (χ3v) is 6.28. The Morgan fingerprint density at radius 2 is 2.12 bits per heavy atom. The molecule has 1 aromatic rings. The first-order valence-electron chi connectivity index (χ1n) is 9.35. The Hall–Kier alpha value is -1.63. The van der Waals surface area contributed by atoms with Crippen LogP contribution in [0, 0.1) is 5.82 Å². The molecule has 0 saturated heterocycles. The summed E-state index contributed by atoms with van der Waals surface area (Å²) in [4.78, 5) is 4.27. The fourth-order valence-corrected chi connectivity index (χ4v) is 4.49. The average molecular weight is 384 g/mol.